The van der Waals surface area contributed by atoms with Gasteiger partial charge in [-0.1, -0.05) is 11.8 Å². The molecule has 1 saturated heterocycles. The molecule has 0 saturated carbocycles. The fraction of sp³-hybridized carbons (Fsp3) is 0.524. The lowest BCUT2D eigenvalue weighted by molar-refractivity contribution is 0.321. The molecule has 1 unspecified atom stereocenters. The van der Waals surface area contributed by atoms with Crippen LogP contribution in [0.25, 0.3) is 0 Å². The van der Waals surface area contributed by atoms with Crippen molar-refractivity contribution in [2.24, 2.45) is 4.99 Å². The van der Waals surface area contributed by atoms with Gasteiger partial charge in [0.2, 0.25) is 0 Å². The maximum atomic E-state index is 5.39. The zero-order valence-corrected chi connectivity index (χ0v) is 19.5. The van der Waals surface area contributed by atoms with E-state index in [4.69, 9.17) is 9.47 Å². The van der Waals surface area contributed by atoms with E-state index in [9.17, 15) is 0 Å². The molecule has 1 aromatic heterocycles. The van der Waals surface area contributed by atoms with Crippen LogP contribution < -0.4 is 20.1 Å². The average Bonchev–Trinajstić information content (AvgIpc) is 3.44. The quantitative estimate of drug-likeness (QED) is 0.250. The summed E-state index contributed by atoms with van der Waals surface area (Å²) in [6.07, 6.45) is 4.02. The largest absolute Gasteiger partial charge is 0.497 e. The molecule has 0 aliphatic carbocycles. The van der Waals surface area contributed by atoms with E-state index in [0.717, 1.165) is 66.6 Å². The van der Waals surface area contributed by atoms with Crippen LogP contribution in [-0.4, -0.2) is 68.5 Å². The monoisotopic (exact) mass is 449 g/mol. The molecule has 0 amide bonds. The maximum Gasteiger partial charge on any atom is 0.191 e. The van der Waals surface area contributed by atoms with Gasteiger partial charge in [0.25, 0.3) is 0 Å². The number of nitrogens with zero attached hydrogens (tertiary/aromatic N) is 3. The predicted octanol–water partition coefficient (Wildman–Crippen LogP) is 3.08. The van der Waals surface area contributed by atoms with Crippen molar-refractivity contribution in [1.82, 2.24) is 20.5 Å². The zero-order chi connectivity index (χ0) is 21.2. The van der Waals surface area contributed by atoms with Gasteiger partial charge in [-0.3, -0.25) is 9.89 Å². The van der Waals surface area contributed by atoms with E-state index in [1.165, 1.54) is 5.56 Å². The molecular weight excluding hydrogens is 418 g/mol. The van der Waals surface area contributed by atoms with Crippen LogP contribution in [0.5, 0.6) is 11.5 Å². The third-order valence-corrected chi connectivity index (χ3v) is 6.96. The minimum Gasteiger partial charge on any atom is -0.497 e. The van der Waals surface area contributed by atoms with Crippen LogP contribution in [0.2, 0.25) is 0 Å². The number of aliphatic imine (C=N–C) groups is 1. The third-order valence-electron chi connectivity index (χ3n) is 4.90. The third kappa shape index (κ3) is 7.07. The summed E-state index contributed by atoms with van der Waals surface area (Å²) in [6, 6.07) is 6.46. The Morgan fingerprint density at radius 2 is 2.10 bits per heavy atom. The number of thiazole rings is 1. The van der Waals surface area contributed by atoms with Gasteiger partial charge in [-0.15, -0.1) is 11.3 Å². The lowest BCUT2D eigenvalue weighted by Gasteiger charge is -2.19. The van der Waals surface area contributed by atoms with Crippen molar-refractivity contribution >= 4 is 29.1 Å². The van der Waals surface area contributed by atoms with Crippen molar-refractivity contribution < 1.29 is 9.47 Å². The molecule has 1 atom stereocenters. The van der Waals surface area contributed by atoms with Crippen LogP contribution in [0.1, 0.15) is 18.4 Å². The minimum atomic E-state index is 0.397. The summed E-state index contributed by atoms with van der Waals surface area (Å²) in [4.78, 5) is 11.1. The van der Waals surface area contributed by atoms with E-state index in [1.54, 1.807) is 25.6 Å². The molecule has 1 fully saturated rings. The molecule has 1 aliphatic heterocycles. The van der Waals surface area contributed by atoms with Gasteiger partial charge >= 0.3 is 0 Å². The first-order valence-electron chi connectivity index (χ1n) is 10.1. The number of rotatable bonds is 10. The zero-order valence-electron chi connectivity index (χ0n) is 17.9. The molecule has 2 heterocycles. The first kappa shape index (κ1) is 22.7. The number of guanidine groups is 1. The Kier molecular flexibility index (Phi) is 9.10. The Morgan fingerprint density at radius 3 is 2.77 bits per heavy atom. The van der Waals surface area contributed by atoms with E-state index in [1.807, 2.05) is 36.5 Å². The number of hydrogen-bond acceptors (Lipinski definition) is 7. The summed E-state index contributed by atoms with van der Waals surface area (Å²) in [7, 11) is 5.20. The number of benzene rings is 1. The second-order valence-electron chi connectivity index (χ2n) is 7.08. The molecule has 7 nitrogen and oxygen atoms in total. The Labute approximate surface area is 187 Å². The normalized spacial score (nSPS) is 17.2. The van der Waals surface area contributed by atoms with Crippen LogP contribution in [0.15, 0.2) is 39.1 Å². The molecule has 1 aromatic carbocycles. The molecular formula is C21H31N5O2S2. The number of aromatic nitrogens is 1. The summed E-state index contributed by atoms with van der Waals surface area (Å²) in [5, 5.41) is 9.01. The van der Waals surface area contributed by atoms with E-state index in [-0.39, 0.29) is 0 Å². The number of ether oxygens (including phenoxy) is 2. The summed E-state index contributed by atoms with van der Waals surface area (Å²) >= 11 is 3.50. The number of methoxy groups -OCH3 is 2. The number of nitrogens with one attached hydrogen (secondary N) is 2. The molecule has 2 N–H and O–H groups in total. The molecule has 0 radical (unpaired) electrons. The number of thioether (sulfide) groups is 1. The summed E-state index contributed by atoms with van der Waals surface area (Å²) in [5.74, 6) is 3.59. The van der Waals surface area contributed by atoms with Crippen molar-refractivity contribution in [3.63, 3.8) is 0 Å². The highest BCUT2D eigenvalue weighted by molar-refractivity contribution is 8.00. The van der Waals surface area contributed by atoms with Crippen molar-refractivity contribution in [2.75, 3.05) is 46.7 Å². The van der Waals surface area contributed by atoms with Gasteiger partial charge in [0.1, 0.15) is 15.8 Å². The van der Waals surface area contributed by atoms with Gasteiger partial charge in [-0.2, -0.15) is 0 Å². The van der Waals surface area contributed by atoms with E-state index in [2.05, 4.69) is 37.6 Å². The van der Waals surface area contributed by atoms with Crippen molar-refractivity contribution in [3.8, 4) is 11.5 Å². The van der Waals surface area contributed by atoms with Crippen LogP contribution in [-0.2, 0) is 6.54 Å². The van der Waals surface area contributed by atoms with Gasteiger partial charge in [0.05, 0.1) is 14.2 Å². The first-order chi connectivity index (χ1) is 14.7. The number of likely N-dealkylation sites (tertiary alicyclic amines) is 1. The fourth-order valence-electron chi connectivity index (χ4n) is 3.42. The van der Waals surface area contributed by atoms with Crippen molar-refractivity contribution in [3.05, 3.63) is 35.3 Å². The van der Waals surface area contributed by atoms with Crippen LogP contribution in [0.3, 0.4) is 0 Å². The van der Waals surface area contributed by atoms with Gasteiger partial charge < -0.3 is 20.1 Å². The van der Waals surface area contributed by atoms with Crippen molar-refractivity contribution in [2.45, 2.75) is 29.8 Å². The Bertz CT molecular complexity index is 778. The smallest absolute Gasteiger partial charge is 0.191 e. The van der Waals surface area contributed by atoms with Gasteiger partial charge in [0, 0.05) is 62.7 Å². The molecule has 0 spiro atoms. The van der Waals surface area contributed by atoms with Gasteiger partial charge in [-0.25, -0.2) is 4.98 Å². The summed E-state index contributed by atoms with van der Waals surface area (Å²) < 4.78 is 11.9. The Balaban J connectivity index is 1.39. The average molecular weight is 450 g/mol. The first-order valence-corrected chi connectivity index (χ1v) is 12.0. The Morgan fingerprint density at radius 1 is 1.30 bits per heavy atom. The van der Waals surface area contributed by atoms with Crippen LogP contribution in [0.4, 0.5) is 0 Å². The highest BCUT2D eigenvalue weighted by Gasteiger charge is 2.23. The lowest BCUT2D eigenvalue weighted by atomic mass is 10.2. The van der Waals surface area contributed by atoms with E-state index >= 15 is 0 Å². The van der Waals surface area contributed by atoms with Gasteiger partial charge in [0.15, 0.2) is 5.96 Å². The fourth-order valence-corrected chi connectivity index (χ4v) is 5.07. The molecule has 0 bridgehead atoms. The molecule has 1 aliphatic rings. The SMILES string of the molecule is CN=C(NCCCSc1nccs1)NC1CCN(Cc2cc(OC)cc(OC)c2)C1. The Hall–Kier alpha value is -1.97. The highest BCUT2D eigenvalue weighted by atomic mass is 32.2. The molecule has 9 heteroatoms. The highest BCUT2D eigenvalue weighted by Crippen LogP contribution is 2.24. The summed E-state index contributed by atoms with van der Waals surface area (Å²) in [5.41, 5.74) is 1.20. The second kappa shape index (κ2) is 12.0. The van der Waals surface area contributed by atoms with Crippen LogP contribution >= 0.6 is 23.1 Å². The molecule has 164 valence electrons. The lowest BCUT2D eigenvalue weighted by Crippen LogP contribution is -2.44. The minimum absolute atomic E-state index is 0.397. The summed E-state index contributed by atoms with van der Waals surface area (Å²) in [6.45, 7) is 3.82. The second-order valence-corrected chi connectivity index (χ2v) is 9.32. The van der Waals surface area contributed by atoms with Crippen molar-refractivity contribution in [1.29, 1.82) is 0 Å². The van der Waals surface area contributed by atoms with E-state index in [0.29, 0.717) is 6.04 Å². The molecule has 2 aromatic rings. The number of hydrogen-bond donors (Lipinski definition) is 2. The standard InChI is InChI=1S/C21H31N5O2S2/c1-22-20(23-6-4-9-29-21-24-7-10-30-21)25-17-5-8-26(15-17)14-16-11-18(27-2)13-19(12-16)28-3/h7,10-13,17H,4-6,8-9,14-15H2,1-3H3,(H2,22,23,25). The predicted molar refractivity (Wildman–Crippen MR) is 125 cm³/mol. The molecule has 3 rings (SSSR count). The molecule has 30 heavy (non-hydrogen) atoms. The van der Waals surface area contributed by atoms with Gasteiger partial charge in [-0.05, 0) is 30.5 Å². The maximum absolute atomic E-state index is 5.39. The van der Waals surface area contributed by atoms with E-state index < -0.39 is 0 Å². The van der Waals surface area contributed by atoms with Crippen LogP contribution in [0, 0.1) is 0 Å². The topological polar surface area (TPSA) is 71.0 Å².